The van der Waals surface area contributed by atoms with E-state index in [4.69, 9.17) is 4.74 Å². The Balaban J connectivity index is 0.00000106. The van der Waals surface area contributed by atoms with Crippen LogP contribution in [0.3, 0.4) is 0 Å². The summed E-state index contributed by atoms with van der Waals surface area (Å²) in [7, 11) is 0. The third-order valence-electron chi connectivity index (χ3n) is 2.33. The zero-order valence-electron chi connectivity index (χ0n) is 11.0. The molecule has 2 heteroatoms. The van der Waals surface area contributed by atoms with E-state index in [1.807, 2.05) is 26.8 Å². The lowest BCUT2D eigenvalue weighted by atomic mass is 10.1. The summed E-state index contributed by atoms with van der Waals surface area (Å²) in [5, 5.41) is 3.40. The minimum atomic E-state index is 0.187. The summed E-state index contributed by atoms with van der Waals surface area (Å²) in [6.07, 6.45) is 8.05. The fourth-order valence-electron chi connectivity index (χ4n) is 1.47. The van der Waals surface area contributed by atoms with Gasteiger partial charge in [-0.3, -0.25) is 0 Å². The van der Waals surface area contributed by atoms with Gasteiger partial charge in [-0.1, -0.05) is 44.7 Å². The van der Waals surface area contributed by atoms with Crippen molar-refractivity contribution in [1.82, 2.24) is 5.32 Å². The van der Waals surface area contributed by atoms with Crippen LogP contribution in [0.15, 0.2) is 36.5 Å². The molecule has 1 heterocycles. The second-order valence-corrected chi connectivity index (χ2v) is 3.51. The smallest absolute Gasteiger partial charge is 0.0946 e. The first kappa shape index (κ1) is 15.1. The monoisotopic (exact) mass is 223 g/mol. The molecular weight excluding hydrogens is 198 g/mol. The first-order valence-corrected chi connectivity index (χ1v) is 6.08. The second-order valence-electron chi connectivity index (χ2n) is 3.51. The van der Waals surface area contributed by atoms with Gasteiger partial charge in [0.15, 0.2) is 0 Å². The molecule has 16 heavy (non-hydrogen) atoms. The van der Waals surface area contributed by atoms with Gasteiger partial charge in [-0.15, -0.1) is 0 Å². The highest BCUT2D eigenvalue weighted by Crippen LogP contribution is 2.12. The fraction of sp³-hybridized carbons (Fsp3) is 0.571. The largest absolute Gasteiger partial charge is 0.371 e. The highest BCUT2D eigenvalue weighted by molar-refractivity contribution is 5.25. The molecule has 1 rings (SSSR count). The first-order chi connectivity index (χ1) is 7.77. The Morgan fingerprint density at radius 1 is 1.44 bits per heavy atom. The molecule has 0 aromatic carbocycles. The van der Waals surface area contributed by atoms with Crippen molar-refractivity contribution >= 4 is 0 Å². The lowest BCUT2D eigenvalue weighted by Gasteiger charge is -2.29. The summed E-state index contributed by atoms with van der Waals surface area (Å²) in [6.45, 7) is 13.5. The molecule has 0 aliphatic carbocycles. The van der Waals surface area contributed by atoms with Crippen LogP contribution in [0.4, 0.5) is 0 Å². The Kier molecular flexibility index (Phi) is 8.87. The molecule has 92 valence electrons. The predicted octanol–water partition coefficient (Wildman–Crippen LogP) is 3.08. The molecule has 1 N–H and O–H groups in total. The molecule has 0 amide bonds. The van der Waals surface area contributed by atoms with Crippen LogP contribution in [0, 0.1) is 0 Å². The summed E-state index contributed by atoms with van der Waals surface area (Å²) in [6, 6.07) is 0.466. The Morgan fingerprint density at radius 3 is 2.56 bits per heavy atom. The van der Waals surface area contributed by atoms with Crippen LogP contribution in [-0.2, 0) is 4.74 Å². The molecule has 1 aliphatic rings. The number of nitrogens with one attached hydrogen (secondary N) is 1. The maximum atomic E-state index is 5.72. The average Bonchev–Trinajstić information content (AvgIpc) is 2.35. The number of allylic oxidation sites excluding steroid dienone is 3. The van der Waals surface area contributed by atoms with E-state index < -0.39 is 0 Å². The topological polar surface area (TPSA) is 21.3 Å². The van der Waals surface area contributed by atoms with E-state index in [2.05, 4.69) is 31.0 Å². The zero-order valence-corrected chi connectivity index (χ0v) is 11.0. The number of ether oxygens (including phenoxy) is 1. The minimum Gasteiger partial charge on any atom is -0.371 e. The Hall–Kier alpha value is -0.860. The highest BCUT2D eigenvalue weighted by atomic mass is 16.5. The van der Waals surface area contributed by atoms with Crippen molar-refractivity contribution in [2.24, 2.45) is 0 Å². The van der Waals surface area contributed by atoms with Gasteiger partial charge in [-0.2, -0.15) is 0 Å². The fourth-order valence-corrected chi connectivity index (χ4v) is 1.47. The van der Waals surface area contributed by atoms with Crippen molar-refractivity contribution in [2.45, 2.75) is 39.8 Å². The lowest BCUT2D eigenvalue weighted by Crippen LogP contribution is -2.45. The van der Waals surface area contributed by atoms with Crippen LogP contribution in [0.25, 0.3) is 0 Å². The van der Waals surface area contributed by atoms with Gasteiger partial charge in [0.2, 0.25) is 0 Å². The Morgan fingerprint density at radius 2 is 2.12 bits per heavy atom. The molecule has 0 spiro atoms. The summed E-state index contributed by atoms with van der Waals surface area (Å²) >= 11 is 0. The molecule has 1 fully saturated rings. The zero-order chi connectivity index (χ0) is 12.4. The summed E-state index contributed by atoms with van der Waals surface area (Å²) in [5.41, 5.74) is 1.21. The highest BCUT2D eigenvalue weighted by Gasteiger charge is 2.19. The van der Waals surface area contributed by atoms with E-state index >= 15 is 0 Å². The van der Waals surface area contributed by atoms with Crippen LogP contribution >= 0.6 is 0 Å². The minimum absolute atomic E-state index is 0.187. The molecule has 0 unspecified atom stereocenters. The third kappa shape index (κ3) is 5.29. The van der Waals surface area contributed by atoms with Crippen molar-refractivity contribution in [3.8, 4) is 0 Å². The number of morpholine rings is 1. The molecule has 0 aromatic heterocycles. The van der Waals surface area contributed by atoms with Gasteiger partial charge in [0.05, 0.1) is 12.7 Å². The normalized spacial score (nSPS) is 26.1. The third-order valence-corrected chi connectivity index (χ3v) is 2.33. The summed E-state index contributed by atoms with van der Waals surface area (Å²) < 4.78 is 5.72. The van der Waals surface area contributed by atoms with Gasteiger partial charge in [0, 0.05) is 12.6 Å². The average molecular weight is 223 g/mol. The summed E-state index contributed by atoms with van der Waals surface area (Å²) in [4.78, 5) is 0. The van der Waals surface area contributed by atoms with Crippen LogP contribution in [0.5, 0.6) is 0 Å². The standard InChI is InChI=1S/C12H19NO.C2H6/c1-4-6-7-11(5-2)12-8-13-10(3)9-14-12;1-2/h4-7,10,12-13H,1,8-9H2,2-3H3;1-2H3/b7-6-,11-5+;/t10-,12+;/m0./s1. The van der Waals surface area contributed by atoms with Gasteiger partial charge in [0.25, 0.3) is 0 Å². The number of hydrogen-bond acceptors (Lipinski definition) is 2. The van der Waals surface area contributed by atoms with Gasteiger partial charge in [-0.25, -0.2) is 0 Å². The van der Waals surface area contributed by atoms with Crippen molar-refractivity contribution in [3.05, 3.63) is 36.5 Å². The van der Waals surface area contributed by atoms with E-state index in [1.54, 1.807) is 6.08 Å². The van der Waals surface area contributed by atoms with E-state index in [1.165, 1.54) is 5.57 Å². The quantitative estimate of drug-likeness (QED) is 0.742. The van der Waals surface area contributed by atoms with Gasteiger partial charge in [-0.05, 0) is 19.4 Å². The Labute approximate surface area is 100 Å². The van der Waals surface area contributed by atoms with Crippen LogP contribution in [0.2, 0.25) is 0 Å². The number of rotatable bonds is 3. The second kappa shape index (κ2) is 9.37. The molecule has 2 atom stereocenters. The van der Waals surface area contributed by atoms with Gasteiger partial charge >= 0.3 is 0 Å². The summed E-state index contributed by atoms with van der Waals surface area (Å²) in [5.74, 6) is 0. The van der Waals surface area contributed by atoms with E-state index in [0.29, 0.717) is 6.04 Å². The molecular formula is C14H25NO. The van der Waals surface area contributed by atoms with E-state index in [9.17, 15) is 0 Å². The number of hydrogen-bond donors (Lipinski definition) is 1. The van der Waals surface area contributed by atoms with Crippen LogP contribution in [0.1, 0.15) is 27.7 Å². The van der Waals surface area contributed by atoms with Crippen molar-refractivity contribution in [1.29, 1.82) is 0 Å². The van der Waals surface area contributed by atoms with Crippen LogP contribution < -0.4 is 5.32 Å². The van der Waals surface area contributed by atoms with Crippen molar-refractivity contribution in [3.63, 3.8) is 0 Å². The molecule has 0 radical (unpaired) electrons. The molecule has 0 saturated carbocycles. The molecule has 2 nitrogen and oxygen atoms in total. The van der Waals surface area contributed by atoms with Crippen molar-refractivity contribution < 1.29 is 4.74 Å². The molecule has 1 aliphatic heterocycles. The predicted molar refractivity (Wildman–Crippen MR) is 71.6 cm³/mol. The van der Waals surface area contributed by atoms with E-state index in [0.717, 1.165) is 13.2 Å². The van der Waals surface area contributed by atoms with Crippen LogP contribution in [-0.4, -0.2) is 25.3 Å². The van der Waals surface area contributed by atoms with Crippen molar-refractivity contribution in [2.75, 3.05) is 13.2 Å². The molecule has 1 saturated heterocycles. The first-order valence-electron chi connectivity index (χ1n) is 6.08. The maximum Gasteiger partial charge on any atom is 0.0946 e. The van der Waals surface area contributed by atoms with Gasteiger partial charge in [0.1, 0.15) is 0 Å². The lowest BCUT2D eigenvalue weighted by molar-refractivity contribution is 0.0315. The van der Waals surface area contributed by atoms with E-state index in [-0.39, 0.29) is 6.10 Å². The molecule has 0 aromatic rings. The Bertz CT molecular complexity index is 235. The van der Waals surface area contributed by atoms with Gasteiger partial charge < -0.3 is 10.1 Å². The maximum absolute atomic E-state index is 5.72. The molecule has 0 bridgehead atoms. The SMILES string of the molecule is C=C/C=C\C(=C/C)[C@H]1CN[C@@H](C)CO1.CC.